The van der Waals surface area contributed by atoms with Crippen LogP contribution in [0.2, 0.25) is 0 Å². The maximum Gasteiger partial charge on any atom is 0.254 e. The molecule has 30 heavy (non-hydrogen) atoms. The standard InChI is InChI=1S/C22H23N3O4S/c1-29-20-7-9-21(10-8-20)30(27,28)25-15-13-24(14-16-25)22(26)18-5-4-6-19(17-18)23-11-2-3-12-23/h2-12,17H,13-16H2,1H3. The van der Waals surface area contributed by atoms with Gasteiger partial charge in [-0.05, 0) is 54.6 Å². The summed E-state index contributed by atoms with van der Waals surface area (Å²) in [6.45, 7) is 1.22. The normalized spacial score (nSPS) is 15.2. The number of amides is 1. The maximum atomic E-state index is 13.0. The fourth-order valence-corrected chi connectivity index (χ4v) is 4.94. The lowest BCUT2D eigenvalue weighted by Gasteiger charge is -2.34. The van der Waals surface area contributed by atoms with Crippen LogP contribution < -0.4 is 4.74 Å². The molecule has 1 saturated heterocycles. The molecule has 1 fully saturated rings. The highest BCUT2D eigenvalue weighted by molar-refractivity contribution is 7.89. The molecule has 156 valence electrons. The van der Waals surface area contributed by atoms with Gasteiger partial charge in [-0.25, -0.2) is 8.42 Å². The van der Waals surface area contributed by atoms with Crippen LogP contribution in [-0.4, -0.2) is 61.4 Å². The number of sulfonamides is 1. The van der Waals surface area contributed by atoms with Gasteiger partial charge in [0.05, 0.1) is 12.0 Å². The lowest BCUT2D eigenvalue weighted by atomic mass is 10.1. The minimum absolute atomic E-state index is 0.0921. The first-order valence-electron chi connectivity index (χ1n) is 9.66. The Morgan fingerprint density at radius 3 is 2.20 bits per heavy atom. The Labute approximate surface area is 176 Å². The molecule has 7 nitrogen and oxygen atoms in total. The Kier molecular flexibility index (Phi) is 5.61. The van der Waals surface area contributed by atoms with E-state index in [1.54, 1.807) is 35.2 Å². The first kappa shape index (κ1) is 20.2. The van der Waals surface area contributed by atoms with Gasteiger partial charge in [-0.15, -0.1) is 0 Å². The topological polar surface area (TPSA) is 71.9 Å². The van der Waals surface area contributed by atoms with E-state index in [1.807, 2.05) is 47.3 Å². The summed E-state index contributed by atoms with van der Waals surface area (Å²) in [4.78, 5) is 14.9. The molecule has 0 atom stereocenters. The zero-order valence-electron chi connectivity index (χ0n) is 16.6. The summed E-state index contributed by atoms with van der Waals surface area (Å²) in [5.41, 5.74) is 1.50. The maximum absolute atomic E-state index is 13.0. The zero-order valence-corrected chi connectivity index (χ0v) is 17.5. The molecule has 1 aliphatic rings. The molecular formula is C22H23N3O4S. The van der Waals surface area contributed by atoms with Crippen LogP contribution in [0.3, 0.4) is 0 Å². The number of ether oxygens (including phenoxy) is 1. The summed E-state index contributed by atoms with van der Waals surface area (Å²) in [5.74, 6) is 0.511. The fourth-order valence-electron chi connectivity index (χ4n) is 3.52. The smallest absolute Gasteiger partial charge is 0.254 e. The van der Waals surface area contributed by atoms with Crippen LogP contribution in [0.15, 0.2) is 78.0 Å². The first-order valence-corrected chi connectivity index (χ1v) is 11.1. The Morgan fingerprint density at radius 2 is 1.57 bits per heavy atom. The summed E-state index contributed by atoms with van der Waals surface area (Å²) < 4.78 is 34.2. The number of benzene rings is 2. The molecule has 0 radical (unpaired) electrons. The number of rotatable bonds is 5. The average molecular weight is 426 g/mol. The van der Waals surface area contributed by atoms with Crippen molar-refractivity contribution in [2.45, 2.75) is 4.90 Å². The number of hydrogen-bond donors (Lipinski definition) is 0. The molecule has 0 N–H and O–H groups in total. The van der Waals surface area contributed by atoms with E-state index < -0.39 is 10.0 Å². The monoisotopic (exact) mass is 425 g/mol. The minimum atomic E-state index is -3.60. The molecule has 2 aromatic carbocycles. The Morgan fingerprint density at radius 1 is 0.900 bits per heavy atom. The van der Waals surface area contributed by atoms with Gasteiger partial charge in [0.1, 0.15) is 5.75 Å². The third-order valence-electron chi connectivity index (χ3n) is 5.22. The van der Waals surface area contributed by atoms with Crippen LogP contribution in [0.25, 0.3) is 5.69 Å². The number of nitrogens with zero attached hydrogens (tertiary/aromatic N) is 3. The molecule has 8 heteroatoms. The van der Waals surface area contributed by atoms with E-state index in [9.17, 15) is 13.2 Å². The molecule has 0 bridgehead atoms. The summed E-state index contributed by atoms with van der Waals surface area (Å²) in [6, 6.07) is 17.6. The van der Waals surface area contributed by atoms with E-state index in [0.29, 0.717) is 24.4 Å². The second-order valence-electron chi connectivity index (χ2n) is 7.01. The number of aromatic nitrogens is 1. The summed E-state index contributed by atoms with van der Waals surface area (Å²) >= 11 is 0. The van der Waals surface area contributed by atoms with Crippen molar-refractivity contribution in [1.29, 1.82) is 0 Å². The van der Waals surface area contributed by atoms with E-state index in [0.717, 1.165) is 5.69 Å². The quantitative estimate of drug-likeness (QED) is 0.630. The highest BCUT2D eigenvalue weighted by Crippen LogP contribution is 2.21. The fraction of sp³-hybridized carbons (Fsp3) is 0.227. The van der Waals surface area contributed by atoms with E-state index in [4.69, 9.17) is 4.74 Å². The van der Waals surface area contributed by atoms with Gasteiger partial charge in [-0.3, -0.25) is 4.79 Å². The van der Waals surface area contributed by atoms with Gasteiger partial charge < -0.3 is 14.2 Å². The number of methoxy groups -OCH3 is 1. The molecule has 0 saturated carbocycles. The van der Waals surface area contributed by atoms with Crippen LogP contribution in [0.5, 0.6) is 5.75 Å². The highest BCUT2D eigenvalue weighted by atomic mass is 32.2. The van der Waals surface area contributed by atoms with E-state index >= 15 is 0 Å². The molecule has 1 amide bonds. The van der Waals surface area contributed by atoms with E-state index in [2.05, 4.69) is 0 Å². The molecule has 4 rings (SSSR count). The largest absolute Gasteiger partial charge is 0.497 e. The second kappa shape index (κ2) is 8.33. The third kappa shape index (κ3) is 3.96. The molecule has 2 heterocycles. The van der Waals surface area contributed by atoms with Crippen LogP contribution in [0.4, 0.5) is 0 Å². The third-order valence-corrected chi connectivity index (χ3v) is 7.13. The van der Waals surface area contributed by atoms with Crippen LogP contribution in [-0.2, 0) is 10.0 Å². The van der Waals surface area contributed by atoms with Crippen molar-refractivity contribution in [2.24, 2.45) is 0 Å². The lowest BCUT2D eigenvalue weighted by molar-refractivity contribution is 0.0698. The van der Waals surface area contributed by atoms with Crippen molar-refractivity contribution in [3.05, 3.63) is 78.6 Å². The van der Waals surface area contributed by atoms with Gasteiger partial charge in [0.2, 0.25) is 10.0 Å². The van der Waals surface area contributed by atoms with Gasteiger partial charge in [0, 0.05) is 49.8 Å². The molecule has 1 aromatic heterocycles. The predicted octanol–water partition coefficient (Wildman–Crippen LogP) is 2.63. The van der Waals surface area contributed by atoms with E-state index in [-0.39, 0.29) is 23.9 Å². The molecular weight excluding hydrogens is 402 g/mol. The molecule has 1 aliphatic heterocycles. The number of carbonyl (C=O) groups is 1. The van der Waals surface area contributed by atoms with Crippen LogP contribution in [0.1, 0.15) is 10.4 Å². The van der Waals surface area contributed by atoms with Crippen molar-refractivity contribution >= 4 is 15.9 Å². The Bertz CT molecular complexity index is 1120. The predicted molar refractivity (Wildman–Crippen MR) is 113 cm³/mol. The summed E-state index contributed by atoms with van der Waals surface area (Å²) in [7, 11) is -2.06. The second-order valence-corrected chi connectivity index (χ2v) is 8.95. The van der Waals surface area contributed by atoms with Crippen LogP contribution in [0, 0.1) is 0 Å². The highest BCUT2D eigenvalue weighted by Gasteiger charge is 2.30. The van der Waals surface area contributed by atoms with Gasteiger partial charge in [0.25, 0.3) is 5.91 Å². The van der Waals surface area contributed by atoms with Gasteiger partial charge in [0.15, 0.2) is 0 Å². The SMILES string of the molecule is COc1ccc(S(=O)(=O)N2CCN(C(=O)c3cccc(-n4cccc4)c3)CC2)cc1. The first-order chi connectivity index (χ1) is 14.5. The Balaban J connectivity index is 1.44. The van der Waals surface area contributed by atoms with Crippen LogP contribution >= 0.6 is 0 Å². The lowest BCUT2D eigenvalue weighted by Crippen LogP contribution is -2.50. The van der Waals surface area contributed by atoms with Gasteiger partial charge >= 0.3 is 0 Å². The van der Waals surface area contributed by atoms with Crippen molar-refractivity contribution in [3.63, 3.8) is 0 Å². The minimum Gasteiger partial charge on any atom is -0.497 e. The molecule has 0 spiro atoms. The number of carbonyl (C=O) groups excluding carboxylic acids is 1. The van der Waals surface area contributed by atoms with E-state index in [1.165, 1.54) is 11.4 Å². The molecule has 3 aromatic rings. The number of hydrogen-bond acceptors (Lipinski definition) is 4. The summed E-state index contributed by atoms with van der Waals surface area (Å²) in [5, 5.41) is 0. The van der Waals surface area contributed by atoms with Gasteiger partial charge in [-0.2, -0.15) is 4.31 Å². The van der Waals surface area contributed by atoms with Crippen molar-refractivity contribution in [1.82, 2.24) is 13.8 Å². The van der Waals surface area contributed by atoms with Gasteiger partial charge in [-0.1, -0.05) is 6.07 Å². The summed E-state index contributed by atoms with van der Waals surface area (Å²) in [6.07, 6.45) is 3.85. The Hall–Kier alpha value is -3.10. The number of piperazine rings is 1. The molecule has 0 aliphatic carbocycles. The van der Waals surface area contributed by atoms with Crippen molar-refractivity contribution in [3.8, 4) is 11.4 Å². The van der Waals surface area contributed by atoms with Crippen molar-refractivity contribution in [2.75, 3.05) is 33.3 Å². The average Bonchev–Trinajstić information content (AvgIpc) is 3.34. The zero-order chi connectivity index (χ0) is 21.1. The molecule has 0 unspecified atom stereocenters. The van der Waals surface area contributed by atoms with Crippen molar-refractivity contribution < 1.29 is 17.9 Å².